The molecule has 0 unspecified atom stereocenters. The van der Waals surface area contributed by atoms with Gasteiger partial charge in [0.15, 0.2) is 0 Å². The summed E-state index contributed by atoms with van der Waals surface area (Å²) in [5, 5.41) is 7.24. The third-order valence-corrected chi connectivity index (χ3v) is 4.00. The van der Waals surface area contributed by atoms with Crippen LogP contribution in [0, 0.1) is 0 Å². The van der Waals surface area contributed by atoms with Crippen molar-refractivity contribution in [2.24, 2.45) is 5.73 Å². The highest BCUT2D eigenvalue weighted by atomic mass is 16.2. The van der Waals surface area contributed by atoms with E-state index >= 15 is 0 Å². The monoisotopic (exact) mass is 284 g/mol. The van der Waals surface area contributed by atoms with Crippen molar-refractivity contribution in [3.8, 4) is 0 Å². The molecule has 1 aromatic carbocycles. The highest BCUT2D eigenvalue weighted by Crippen LogP contribution is 2.29. The molecule has 21 heavy (non-hydrogen) atoms. The molecular weight excluding hydrogens is 264 g/mol. The molecule has 0 saturated heterocycles. The molecule has 1 aliphatic rings. The first-order valence-corrected chi connectivity index (χ1v) is 7.25. The summed E-state index contributed by atoms with van der Waals surface area (Å²) in [5.41, 5.74) is 9.17. The highest BCUT2D eigenvalue weighted by molar-refractivity contribution is 5.92. The van der Waals surface area contributed by atoms with Crippen LogP contribution in [0.2, 0.25) is 0 Å². The van der Waals surface area contributed by atoms with Crippen LogP contribution >= 0.6 is 0 Å². The maximum absolute atomic E-state index is 12.5. The molecule has 0 bridgehead atoms. The SMILES string of the molecule is CC(C)n1nccc1C(=O)N[C@@H]1Cc2ccccc2[C@H]1N. The van der Waals surface area contributed by atoms with Gasteiger partial charge in [-0.2, -0.15) is 5.10 Å². The van der Waals surface area contributed by atoms with Gasteiger partial charge in [-0.1, -0.05) is 24.3 Å². The van der Waals surface area contributed by atoms with Crippen molar-refractivity contribution >= 4 is 5.91 Å². The number of rotatable bonds is 3. The van der Waals surface area contributed by atoms with Crippen LogP contribution < -0.4 is 11.1 Å². The van der Waals surface area contributed by atoms with Crippen LogP contribution in [0.1, 0.15) is 47.5 Å². The largest absolute Gasteiger partial charge is 0.346 e. The molecular formula is C16H20N4O. The van der Waals surface area contributed by atoms with E-state index in [0.29, 0.717) is 5.69 Å². The van der Waals surface area contributed by atoms with E-state index in [1.54, 1.807) is 16.9 Å². The molecule has 0 aliphatic heterocycles. The van der Waals surface area contributed by atoms with E-state index in [9.17, 15) is 4.79 Å². The average molecular weight is 284 g/mol. The van der Waals surface area contributed by atoms with Crippen molar-refractivity contribution in [3.63, 3.8) is 0 Å². The predicted octanol–water partition coefficient (Wildman–Crippen LogP) is 1.82. The summed E-state index contributed by atoms with van der Waals surface area (Å²) in [5.74, 6) is -0.116. The number of carbonyl (C=O) groups is 1. The Kier molecular flexibility index (Phi) is 3.51. The van der Waals surface area contributed by atoms with Gasteiger partial charge in [-0.3, -0.25) is 9.48 Å². The number of amides is 1. The third kappa shape index (κ3) is 2.45. The number of hydrogen-bond donors (Lipinski definition) is 2. The second-order valence-corrected chi connectivity index (χ2v) is 5.76. The number of aromatic nitrogens is 2. The zero-order valence-electron chi connectivity index (χ0n) is 12.3. The van der Waals surface area contributed by atoms with Gasteiger partial charge in [-0.05, 0) is 37.5 Å². The van der Waals surface area contributed by atoms with Crippen molar-refractivity contribution in [3.05, 3.63) is 53.3 Å². The number of hydrogen-bond acceptors (Lipinski definition) is 3. The minimum Gasteiger partial charge on any atom is -0.346 e. The third-order valence-electron chi connectivity index (χ3n) is 4.00. The standard InChI is InChI=1S/C16H20N4O/c1-10(2)20-14(7-8-18-20)16(21)19-13-9-11-5-3-4-6-12(11)15(13)17/h3-8,10,13,15H,9,17H2,1-2H3,(H,19,21)/t13-,15-/m1/s1. The lowest BCUT2D eigenvalue weighted by Gasteiger charge is -2.19. The van der Waals surface area contributed by atoms with E-state index in [0.717, 1.165) is 12.0 Å². The van der Waals surface area contributed by atoms with Crippen LogP contribution in [-0.4, -0.2) is 21.7 Å². The van der Waals surface area contributed by atoms with Crippen LogP contribution in [0.5, 0.6) is 0 Å². The Morgan fingerprint density at radius 3 is 2.86 bits per heavy atom. The van der Waals surface area contributed by atoms with Crippen molar-refractivity contribution in [2.75, 3.05) is 0 Å². The van der Waals surface area contributed by atoms with Gasteiger partial charge in [0.25, 0.3) is 5.91 Å². The number of nitrogens with one attached hydrogen (secondary N) is 1. The normalized spacial score (nSPS) is 20.6. The molecule has 1 aliphatic carbocycles. The molecule has 1 amide bonds. The molecule has 0 fully saturated rings. The molecule has 3 N–H and O–H groups in total. The number of carbonyl (C=O) groups excluding carboxylic acids is 1. The van der Waals surface area contributed by atoms with E-state index < -0.39 is 0 Å². The highest BCUT2D eigenvalue weighted by Gasteiger charge is 2.31. The molecule has 110 valence electrons. The fourth-order valence-electron chi connectivity index (χ4n) is 2.91. The number of benzene rings is 1. The zero-order valence-corrected chi connectivity index (χ0v) is 12.3. The molecule has 2 atom stereocenters. The minimum atomic E-state index is -0.152. The average Bonchev–Trinajstić information content (AvgIpc) is 3.05. The van der Waals surface area contributed by atoms with Crippen LogP contribution in [0.3, 0.4) is 0 Å². The van der Waals surface area contributed by atoms with Crippen LogP contribution in [0.25, 0.3) is 0 Å². The fourth-order valence-corrected chi connectivity index (χ4v) is 2.91. The molecule has 0 radical (unpaired) electrons. The summed E-state index contributed by atoms with van der Waals surface area (Å²) in [6.07, 6.45) is 2.43. The van der Waals surface area contributed by atoms with Crippen LogP contribution in [0.4, 0.5) is 0 Å². The van der Waals surface area contributed by atoms with Crippen LogP contribution in [-0.2, 0) is 6.42 Å². The summed E-state index contributed by atoms with van der Waals surface area (Å²) in [6, 6.07) is 9.76. The lowest BCUT2D eigenvalue weighted by molar-refractivity contribution is 0.0920. The lowest BCUT2D eigenvalue weighted by atomic mass is 10.1. The summed E-state index contributed by atoms with van der Waals surface area (Å²) in [7, 11) is 0. The quantitative estimate of drug-likeness (QED) is 0.903. The Balaban J connectivity index is 1.76. The topological polar surface area (TPSA) is 72.9 Å². The van der Waals surface area contributed by atoms with Crippen molar-refractivity contribution in [1.82, 2.24) is 15.1 Å². The maximum atomic E-state index is 12.5. The number of fused-ring (bicyclic) bond motifs is 1. The second kappa shape index (κ2) is 5.33. The van der Waals surface area contributed by atoms with E-state index in [2.05, 4.69) is 16.5 Å². The summed E-state index contributed by atoms with van der Waals surface area (Å²) >= 11 is 0. The Morgan fingerprint density at radius 1 is 1.38 bits per heavy atom. The molecule has 1 heterocycles. The van der Waals surface area contributed by atoms with E-state index in [1.807, 2.05) is 32.0 Å². The molecule has 5 heteroatoms. The minimum absolute atomic E-state index is 0.0644. The summed E-state index contributed by atoms with van der Waals surface area (Å²) in [6.45, 7) is 4.00. The van der Waals surface area contributed by atoms with E-state index in [4.69, 9.17) is 5.73 Å². The molecule has 3 rings (SSSR count). The molecule has 0 saturated carbocycles. The number of nitrogens with two attached hydrogens (primary N) is 1. The van der Waals surface area contributed by atoms with Gasteiger partial charge in [-0.15, -0.1) is 0 Å². The van der Waals surface area contributed by atoms with Crippen molar-refractivity contribution in [2.45, 2.75) is 38.4 Å². The first-order chi connectivity index (χ1) is 10.1. The van der Waals surface area contributed by atoms with Crippen LogP contribution in [0.15, 0.2) is 36.5 Å². The van der Waals surface area contributed by atoms with E-state index in [1.165, 1.54) is 5.56 Å². The second-order valence-electron chi connectivity index (χ2n) is 5.76. The van der Waals surface area contributed by atoms with Gasteiger partial charge in [0, 0.05) is 12.2 Å². The van der Waals surface area contributed by atoms with E-state index in [-0.39, 0.29) is 24.0 Å². The molecule has 5 nitrogen and oxygen atoms in total. The summed E-state index contributed by atoms with van der Waals surface area (Å²) in [4.78, 5) is 12.5. The van der Waals surface area contributed by atoms with Crippen molar-refractivity contribution in [1.29, 1.82) is 0 Å². The van der Waals surface area contributed by atoms with Gasteiger partial charge in [0.05, 0.1) is 12.1 Å². The Morgan fingerprint density at radius 2 is 2.14 bits per heavy atom. The fraction of sp³-hybridized carbons (Fsp3) is 0.375. The Labute approximate surface area is 124 Å². The molecule has 1 aromatic heterocycles. The van der Waals surface area contributed by atoms with Gasteiger partial charge in [0.1, 0.15) is 5.69 Å². The zero-order chi connectivity index (χ0) is 15.0. The van der Waals surface area contributed by atoms with Gasteiger partial charge in [0.2, 0.25) is 0 Å². The Hall–Kier alpha value is -2.14. The van der Waals surface area contributed by atoms with Crippen molar-refractivity contribution < 1.29 is 4.79 Å². The first kappa shape index (κ1) is 13.8. The molecule has 0 spiro atoms. The van der Waals surface area contributed by atoms with Gasteiger partial charge >= 0.3 is 0 Å². The molecule has 2 aromatic rings. The number of nitrogens with zero attached hydrogens (tertiary/aromatic N) is 2. The maximum Gasteiger partial charge on any atom is 0.269 e. The van der Waals surface area contributed by atoms with Gasteiger partial charge < -0.3 is 11.1 Å². The Bertz CT molecular complexity index is 662. The lowest BCUT2D eigenvalue weighted by Crippen LogP contribution is -2.41. The smallest absolute Gasteiger partial charge is 0.269 e. The summed E-state index contributed by atoms with van der Waals surface area (Å²) < 4.78 is 1.73. The predicted molar refractivity (Wildman–Crippen MR) is 80.9 cm³/mol. The first-order valence-electron chi connectivity index (χ1n) is 7.25. The van der Waals surface area contributed by atoms with Gasteiger partial charge in [-0.25, -0.2) is 0 Å².